The van der Waals surface area contributed by atoms with E-state index in [2.05, 4.69) is 32.7 Å². The minimum atomic E-state index is -0.102. The van der Waals surface area contributed by atoms with E-state index in [-0.39, 0.29) is 5.91 Å². The van der Waals surface area contributed by atoms with Crippen molar-refractivity contribution in [2.75, 3.05) is 11.9 Å². The van der Waals surface area contributed by atoms with Gasteiger partial charge in [-0.1, -0.05) is 18.2 Å². The van der Waals surface area contributed by atoms with Gasteiger partial charge in [0.25, 0.3) is 5.91 Å². The third kappa shape index (κ3) is 3.74. The molecule has 0 saturated carbocycles. The van der Waals surface area contributed by atoms with Crippen molar-refractivity contribution >= 4 is 22.5 Å². The number of hydrogen-bond donors (Lipinski definition) is 3. The van der Waals surface area contributed by atoms with Gasteiger partial charge in [0.1, 0.15) is 0 Å². The molecular formula is C19H22N4O. The number of aromatic nitrogens is 2. The number of carbonyl (C=O) groups excluding carboxylic acids is 1. The van der Waals surface area contributed by atoms with Crippen LogP contribution >= 0.6 is 0 Å². The summed E-state index contributed by atoms with van der Waals surface area (Å²) >= 11 is 0. The van der Waals surface area contributed by atoms with Crippen LogP contribution in [-0.4, -0.2) is 28.5 Å². The highest BCUT2D eigenvalue weighted by Crippen LogP contribution is 2.17. The molecule has 0 aliphatic rings. The molecule has 5 heteroatoms. The van der Waals surface area contributed by atoms with Gasteiger partial charge < -0.3 is 15.6 Å². The number of amides is 1. The first-order chi connectivity index (χ1) is 11.6. The van der Waals surface area contributed by atoms with Crippen LogP contribution in [0.5, 0.6) is 0 Å². The molecule has 0 saturated heterocycles. The molecule has 0 radical (unpaired) electrons. The summed E-state index contributed by atoms with van der Waals surface area (Å²) in [6.07, 6.45) is 6.11. The maximum atomic E-state index is 12.3. The van der Waals surface area contributed by atoms with Crippen molar-refractivity contribution in [1.82, 2.24) is 15.3 Å². The minimum absolute atomic E-state index is 0.102. The summed E-state index contributed by atoms with van der Waals surface area (Å²) < 4.78 is 0. The smallest absolute Gasteiger partial charge is 0.252 e. The van der Waals surface area contributed by atoms with Crippen molar-refractivity contribution < 1.29 is 4.79 Å². The zero-order valence-electron chi connectivity index (χ0n) is 14.0. The van der Waals surface area contributed by atoms with Crippen LogP contribution in [0.15, 0.2) is 48.9 Å². The van der Waals surface area contributed by atoms with Gasteiger partial charge in [-0.25, -0.2) is 0 Å². The quantitative estimate of drug-likeness (QED) is 0.652. The molecule has 3 rings (SSSR count). The van der Waals surface area contributed by atoms with Gasteiger partial charge in [-0.15, -0.1) is 0 Å². The molecule has 0 aliphatic carbocycles. The molecule has 5 nitrogen and oxygen atoms in total. The van der Waals surface area contributed by atoms with Crippen LogP contribution in [0.4, 0.5) is 5.69 Å². The van der Waals surface area contributed by atoms with Gasteiger partial charge in [0, 0.05) is 42.1 Å². The molecule has 3 aromatic rings. The topological polar surface area (TPSA) is 69.8 Å². The summed E-state index contributed by atoms with van der Waals surface area (Å²) in [7, 11) is 0. The predicted octanol–water partition coefficient (Wildman–Crippen LogP) is 3.36. The van der Waals surface area contributed by atoms with E-state index in [1.54, 1.807) is 12.4 Å². The molecule has 124 valence electrons. The maximum Gasteiger partial charge on any atom is 0.252 e. The van der Waals surface area contributed by atoms with Crippen LogP contribution in [0.1, 0.15) is 29.8 Å². The number of aromatic amines is 1. The van der Waals surface area contributed by atoms with E-state index in [4.69, 9.17) is 0 Å². The Morgan fingerprint density at radius 3 is 2.92 bits per heavy atom. The average Bonchev–Trinajstić information content (AvgIpc) is 2.98. The lowest BCUT2D eigenvalue weighted by molar-refractivity contribution is 0.0954. The van der Waals surface area contributed by atoms with Crippen LogP contribution < -0.4 is 10.6 Å². The van der Waals surface area contributed by atoms with Crippen molar-refractivity contribution in [3.8, 4) is 0 Å². The van der Waals surface area contributed by atoms with Crippen LogP contribution in [0, 0.1) is 0 Å². The van der Waals surface area contributed by atoms with Gasteiger partial charge in [-0.2, -0.15) is 0 Å². The minimum Gasteiger partial charge on any atom is -0.382 e. The number of hydrogen-bond acceptors (Lipinski definition) is 3. The van der Waals surface area contributed by atoms with Crippen molar-refractivity contribution in [1.29, 1.82) is 0 Å². The van der Waals surface area contributed by atoms with Crippen molar-refractivity contribution in [2.45, 2.75) is 26.3 Å². The fourth-order valence-corrected chi connectivity index (χ4v) is 2.73. The highest BCUT2D eigenvalue weighted by atomic mass is 16.1. The monoisotopic (exact) mass is 322 g/mol. The number of pyridine rings is 1. The molecule has 0 unspecified atom stereocenters. The number of fused-ring (bicyclic) bond motifs is 1. The summed E-state index contributed by atoms with van der Waals surface area (Å²) in [6, 6.07) is 10.3. The number of rotatable bonds is 6. The third-order valence-electron chi connectivity index (χ3n) is 3.81. The van der Waals surface area contributed by atoms with E-state index in [1.807, 2.05) is 38.2 Å². The first-order valence-electron chi connectivity index (χ1n) is 8.18. The predicted molar refractivity (Wildman–Crippen MR) is 97.3 cm³/mol. The number of carbonyl (C=O) groups is 1. The van der Waals surface area contributed by atoms with Crippen molar-refractivity contribution in [3.63, 3.8) is 0 Å². The number of nitrogens with one attached hydrogen (secondary N) is 3. The van der Waals surface area contributed by atoms with Crippen LogP contribution in [0.3, 0.4) is 0 Å². The van der Waals surface area contributed by atoms with E-state index in [0.717, 1.165) is 17.6 Å². The summed E-state index contributed by atoms with van der Waals surface area (Å²) in [4.78, 5) is 19.7. The molecule has 0 bridgehead atoms. The van der Waals surface area contributed by atoms with Gasteiger partial charge >= 0.3 is 0 Å². The molecule has 1 amide bonds. The summed E-state index contributed by atoms with van der Waals surface area (Å²) in [6.45, 7) is 4.68. The van der Waals surface area contributed by atoms with Gasteiger partial charge in [-0.3, -0.25) is 9.78 Å². The summed E-state index contributed by atoms with van der Waals surface area (Å²) in [5.74, 6) is -0.102. The van der Waals surface area contributed by atoms with Crippen LogP contribution in [-0.2, 0) is 6.42 Å². The Morgan fingerprint density at radius 2 is 2.08 bits per heavy atom. The van der Waals surface area contributed by atoms with Crippen molar-refractivity contribution in [3.05, 3.63) is 60.0 Å². The second kappa shape index (κ2) is 7.17. The second-order valence-corrected chi connectivity index (χ2v) is 6.13. The fraction of sp³-hybridized carbons (Fsp3) is 0.263. The standard InChI is InChI=1S/C19H22N4O/c1-13(2)23-16-9-15(10-20-12-16)19(24)21-8-7-14-11-22-18-6-4-3-5-17(14)18/h3-6,9-13,22-23H,7-8H2,1-2H3,(H,21,24). The Hall–Kier alpha value is -2.82. The zero-order valence-corrected chi connectivity index (χ0v) is 14.0. The molecule has 24 heavy (non-hydrogen) atoms. The number of nitrogens with zero attached hydrogens (tertiary/aromatic N) is 1. The molecule has 2 aromatic heterocycles. The largest absolute Gasteiger partial charge is 0.382 e. The molecule has 0 aliphatic heterocycles. The Morgan fingerprint density at radius 1 is 1.25 bits per heavy atom. The van der Waals surface area contributed by atoms with Crippen molar-refractivity contribution in [2.24, 2.45) is 0 Å². The normalized spacial score (nSPS) is 11.0. The molecule has 1 aromatic carbocycles. The maximum absolute atomic E-state index is 12.3. The number of H-pyrrole nitrogens is 1. The molecule has 2 heterocycles. The Balaban J connectivity index is 1.59. The van der Waals surface area contributed by atoms with Gasteiger partial charge in [0.05, 0.1) is 11.3 Å². The van der Waals surface area contributed by atoms with Crippen LogP contribution in [0.2, 0.25) is 0 Å². The number of benzene rings is 1. The van der Waals surface area contributed by atoms with Crippen LogP contribution in [0.25, 0.3) is 10.9 Å². The van der Waals surface area contributed by atoms with E-state index in [1.165, 1.54) is 10.9 Å². The first-order valence-corrected chi connectivity index (χ1v) is 8.18. The van der Waals surface area contributed by atoms with E-state index < -0.39 is 0 Å². The molecular weight excluding hydrogens is 300 g/mol. The van der Waals surface area contributed by atoms with Gasteiger partial charge in [0.2, 0.25) is 0 Å². The Kier molecular flexibility index (Phi) is 4.79. The molecule has 3 N–H and O–H groups in total. The molecule has 0 spiro atoms. The lowest BCUT2D eigenvalue weighted by Gasteiger charge is -2.10. The highest BCUT2D eigenvalue weighted by Gasteiger charge is 2.08. The molecule has 0 atom stereocenters. The summed E-state index contributed by atoms with van der Waals surface area (Å²) in [5.41, 5.74) is 3.75. The lowest BCUT2D eigenvalue weighted by atomic mass is 10.1. The highest BCUT2D eigenvalue weighted by molar-refractivity contribution is 5.94. The average molecular weight is 322 g/mol. The zero-order chi connectivity index (χ0) is 16.9. The lowest BCUT2D eigenvalue weighted by Crippen LogP contribution is -2.26. The number of anilines is 1. The molecule has 0 fully saturated rings. The van der Waals surface area contributed by atoms with E-state index >= 15 is 0 Å². The van der Waals surface area contributed by atoms with E-state index in [9.17, 15) is 4.79 Å². The fourth-order valence-electron chi connectivity index (χ4n) is 2.73. The Bertz CT molecular complexity index is 838. The van der Waals surface area contributed by atoms with E-state index in [0.29, 0.717) is 18.2 Å². The number of para-hydroxylation sites is 1. The summed E-state index contributed by atoms with van der Waals surface area (Å²) in [5, 5.41) is 7.42. The first kappa shape index (κ1) is 16.1. The third-order valence-corrected chi connectivity index (χ3v) is 3.81. The second-order valence-electron chi connectivity index (χ2n) is 6.13. The SMILES string of the molecule is CC(C)Nc1cncc(C(=O)NCCc2c[nH]c3ccccc23)c1. The van der Waals surface area contributed by atoms with Gasteiger partial charge in [-0.05, 0) is 38.0 Å². The Labute approximate surface area is 141 Å². The van der Waals surface area contributed by atoms with Gasteiger partial charge in [0.15, 0.2) is 0 Å².